The Balaban J connectivity index is 2.01. The van der Waals surface area contributed by atoms with Gasteiger partial charge in [0, 0.05) is 25.8 Å². The van der Waals surface area contributed by atoms with E-state index in [1.54, 1.807) is 18.3 Å². The molecule has 0 aliphatic carbocycles. The first-order valence-electron chi connectivity index (χ1n) is 7.33. The fraction of sp³-hybridized carbons (Fsp3) is 0.533. The highest BCUT2D eigenvalue weighted by Gasteiger charge is 2.26. The predicted molar refractivity (Wildman–Crippen MR) is 79.4 cm³/mol. The molecule has 6 nitrogen and oxygen atoms in total. The molecule has 6 heteroatoms. The summed E-state index contributed by atoms with van der Waals surface area (Å²) in [5, 5.41) is 11.9. The molecule has 1 fully saturated rings. The molecule has 1 atom stereocenters. The van der Waals surface area contributed by atoms with Crippen LogP contribution >= 0.6 is 0 Å². The Hall–Kier alpha value is -2.11. The number of carboxylic acids is 1. The topological polar surface area (TPSA) is 82.5 Å². The number of pyridine rings is 1. The minimum absolute atomic E-state index is 0.127. The predicted octanol–water partition coefficient (Wildman–Crippen LogP) is 1.52. The molecule has 0 aromatic carbocycles. The molecule has 0 bridgehead atoms. The van der Waals surface area contributed by atoms with Crippen molar-refractivity contribution in [1.82, 2.24) is 10.3 Å². The average molecular weight is 291 g/mol. The maximum atomic E-state index is 11.8. The molecule has 2 heterocycles. The number of piperidine rings is 1. The number of carbonyl (C=O) groups excluding carboxylic acids is 1. The van der Waals surface area contributed by atoms with Gasteiger partial charge in [0.1, 0.15) is 5.82 Å². The van der Waals surface area contributed by atoms with Crippen molar-refractivity contribution in [2.75, 3.05) is 24.5 Å². The van der Waals surface area contributed by atoms with Crippen LogP contribution in [0.2, 0.25) is 0 Å². The van der Waals surface area contributed by atoms with Crippen LogP contribution in [0.15, 0.2) is 18.3 Å². The van der Waals surface area contributed by atoms with Crippen LogP contribution in [0.5, 0.6) is 0 Å². The molecular formula is C15H21N3O3. The smallest absolute Gasteiger partial charge is 0.308 e. The second kappa shape index (κ2) is 7.06. The van der Waals surface area contributed by atoms with Crippen LogP contribution in [0.25, 0.3) is 0 Å². The van der Waals surface area contributed by atoms with Gasteiger partial charge in [0.05, 0.1) is 11.5 Å². The molecule has 1 aliphatic heterocycles. The van der Waals surface area contributed by atoms with E-state index in [9.17, 15) is 9.59 Å². The van der Waals surface area contributed by atoms with Crippen LogP contribution < -0.4 is 10.2 Å². The summed E-state index contributed by atoms with van der Waals surface area (Å²) in [6.45, 7) is 3.92. The first kappa shape index (κ1) is 15.3. The van der Waals surface area contributed by atoms with Crippen molar-refractivity contribution in [3.8, 4) is 0 Å². The summed E-state index contributed by atoms with van der Waals surface area (Å²) in [6.07, 6.45) is 3.99. The highest BCUT2D eigenvalue weighted by Crippen LogP contribution is 2.21. The Kier molecular flexibility index (Phi) is 5.14. The van der Waals surface area contributed by atoms with Crippen molar-refractivity contribution < 1.29 is 14.7 Å². The summed E-state index contributed by atoms with van der Waals surface area (Å²) in [5.74, 6) is -0.491. The van der Waals surface area contributed by atoms with Gasteiger partial charge < -0.3 is 15.3 Å². The zero-order valence-corrected chi connectivity index (χ0v) is 12.2. The molecular weight excluding hydrogens is 270 g/mol. The van der Waals surface area contributed by atoms with E-state index in [1.807, 2.05) is 11.8 Å². The zero-order valence-electron chi connectivity index (χ0n) is 12.2. The highest BCUT2D eigenvalue weighted by molar-refractivity contribution is 5.94. The largest absolute Gasteiger partial charge is 0.481 e. The number of carboxylic acid groups (broad SMARTS) is 1. The highest BCUT2D eigenvalue weighted by atomic mass is 16.4. The third-order valence-electron chi connectivity index (χ3n) is 3.64. The van der Waals surface area contributed by atoms with Gasteiger partial charge in [0.15, 0.2) is 0 Å². The molecule has 1 aromatic heterocycles. The Morgan fingerprint density at radius 2 is 2.29 bits per heavy atom. The molecule has 21 heavy (non-hydrogen) atoms. The van der Waals surface area contributed by atoms with E-state index in [0.29, 0.717) is 25.1 Å². The Morgan fingerprint density at radius 3 is 2.90 bits per heavy atom. The molecule has 0 spiro atoms. The number of hydrogen-bond donors (Lipinski definition) is 2. The second-order valence-electron chi connectivity index (χ2n) is 5.28. The first-order chi connectivity index (χ1) is 10.1. The molecule has 2 rings (SSSR count). The van der Waals surface area contributed by atoms with E-state index >= 15 is 0 Å². The molecule has 1 amide bonds. The molecule has 1 unspecified atom stereocenters. The maximum Gasteiger partial charge on any atom is 0.308 e. The van der Waals surface area contributed by atoms with Gasteiger partial charge in [0.2, 0.25) is 0 Å². The lowest BCUT2D eigenvalue weighted by Gasteiger charge is -2.31. The summed E-state index contributed by atoms with van der Waals surface area (Å²) >= 11 is 0. The Bertz CT molecular complexity index is 501. The van der Waals surface area contributed by atoms with Crippen LogP contribution in [0.4, 0.5) is 5.82 Å². The fourth-order valence-electron chi connectivity index (χ4n) is 2.43. The SMILES string of the molecule is CCCNC(=O)c1ccc(N2CCCC(C(=O)O)C2)nc1. The van der Waals surface area contributed by atoms with Crippen LogP contribution in [-0.2, 0) is 4.79 Å². The number of carbonyl (C=O) groups is 2. The first-order valence-corrected chi connectivity index (χ1v) is 7.33. The van der Waals surface area contributed by atoms with Gasteiger partial charge in [-0.05, 0) is 31.4 Å². The number of aliphatic carboxylic acids is 1. The quantitative estimate of drug-likeness (QED) is 0.859. The number of aromatic nitrogens is 1. The van der Waals surface area contributed by atoms with E-state index in [4.69, 9.17) is 5.11 Å². The van der Waals surface area contributed by atoms with Gasteiger partial charge in [-0.3, -0.25) is 9.59 Å². The van der Waals surface area contributed by atoms with E-state index in [0.717, 1.165) is 25.2 Å². The van der Waals surface area contributed by atoms with Crippen molar-refractivity contribution in [2.24, 2.45) is 5.92 Å². The van der Waals surface area contributed by atoms with Crippen molar-refractivity contribution in [3.05, 3.63) is 23.9 Å². The van der Waals surface area contributed by atoms with Gasteiger partial charge >= 0.3 is 5.97 Å². The summed E-state index contributed by atoms with van der Waals surface area (Å²) in [7, 11) is 0. The number of amides is 1. The summed E-state index contributed by atoms with van der Waals surface area (Å²) in [4.78, 5) is 29.1. The second-order valence-corrected chi connectivity index (χ2v) is 5.28. The molecule has 1 aliphatic rings. The molecule has 0 radical (unpaired) electrons. The lowest BCUT2D eigenvalue weighted by molar-refractivity contribution is -0.141. The minimum atomic E-state index is -0.754. The van der Waals surface area contributed by atoms with Gasteiger partial charge in [0.25, 0.3) is 5.91 Å². The van der Waals surface area contributed by atoms with Gasteiger partial charge in [-0.1, -0.05) is 6.92 Å². The van der Waals surface area contributed by atoms with Gasteiger partial charge in [-0.2, -0.15) is 0 Å². The number of hydrogen-bond acceptors (Lipinski definition) is 4. The van der Waals surface area contributed by atoms with Crippen LogP contribution in [0.3, 0.4) is 0 Å². The lowest BCUT2D eigenvalue weighted by atomic mass is 9.98. The van der Waals surface area contributed by atoms with Gasteiger partial charge in [-0.25, -0.2) is 4.98 Å². The van der Waals surface area contributed by atoms with Crippen LogP contribution in [-0.4, -0.2) is 41.6 Å². The van der Waals surface area contributed by atoms with Crippen molar-refractivity contribution in [2.45, 2.75) is 26.2 Å². The Labute approximate surface area is 124 Å². The average Bonchev–Trinajstić information content (AvgIpc) is 2.53. The fourth-order valence-corrected chi connectivity index (χ4v) is 2.43. The lowest BCUT2D eigenvalue weighted by Crippen LogP contribution is -2.39. The number of rotatable bonds is 5. The van der Waals surface area contributed by atoms with Gasteiger partial charge in [-0.15, -0.1) is 0 Å². The standard InChI is InChI=1S/C15H21N3O3/c1-2-7-16-14(19)11-5-6-13(17-9-11)18-8-3-4-12(10-18)15(20)21/h5-6,9,12H,2-4,7-8,10H2,1H3,(H,16,19)(H,20,21). The molecule has 1 saturated heterocycles. The normalized spacial score (nSPS) is 18.3. The monoisotopic (exact) mass is 291 g/mol. The van der Waals surface area contributed by atoms with Crippen LogP contribution in [0, 0.1) is 5.92 Å². The van der Waals surface area contributed by atoms with E-state index in [-0.39, 0.29) is 11.8 Å². The van der Waals surface area contributed by atoms with Crippen molar-refractivity contribution >= 4 is 17.7 Å². The third-order valence-corrected chi connectivity index (χ3v) is 3.64. The third kappa shape index (κ3) is 3.93. The Morgan fingerprint density at radius 1 is 1.48 bits per heavy atom. The maximum absolute atomic E-state index is 11.8. The minimum Gasteiger partial charge on any atom is -0.481 e. The molecule has 0 saturated carbocycles. The van der Waals surface area contributed by atoms with E-state index in [1.165, 1.54) is 0 Å². The van der Waals surface area contributed by atoms with E-state index in [2.05, 4.69) is 10.3 Å². The molecule has 2 N–H and O–H groups in total. The number of anilines is 1. The summed E-state index contributed by atoms with van der Waals surface area (Å²) in [5.41, 5.74) is 0.527. The number of nitrogens with one attached hydrogen (secondary N) is 1. The summed E-state index contributed by atoms with van der Waals surface area (Å²) in [6, 6.07) is 3.52. The summed E-state index contributed by atoms with van der Waals surface area (Å²) < 4.78 is 0. The molecule has 1 aromatic rings. The van der Waals surface area contributed by atoms with Crippen LogP contribution in [0.1, 0.15) is 36.5 Å². The number of nitrogens with zero attached hydrogens (tertiary/aromatic N) is 2. The zero-order chi connectivity index (χ0) is 15.2. The van der Waals surface area contributed by atoms with Crippen molar-refractivity contribution in [1.29, 1.82) is 0 Å². The molecule has 114 valence electrons. The van der Waals surface area contributed by atoms with E-state index < -0.39 is 5.97 Å². The van der Waals surface area contributed by atoms with Crippen molar-refractivity contribution in [3.63, 3.8) is 0 Å².